The second-order valence-electron chi connectivity index (χ2n) is 3.25. The number of nitrogens with two attached hydrogens (primary N) is 2. The third-order valence-corrected chi connectivity index (χ3v) is 2.23. The van der Waals surface area contributed by atoms with Crippen LogP contribution in [0.2, 0.25) is 0 Å². The van der Waals surface area contributed by atoms with Crippen molar-refractivity contribution in [2.45, 2.75) is 12.8 Å². The van der Waals surface area contributed by atoms with Gasteiger partial charge in [-0.25, -0.2) is 0 Å². The average Bonchev–Trinajstić information content (AvgIpc) is 1.98. The lowest BCUT2D eigenvalue weighted by molar-refractivity contribution is -0.118. The van der Waals surface area contributed by atoms with E-state index in [0.717, 1.165) is 15.6 Å². The Bertz CT molecular complexity index is 370. The summed E-state index contributed by atoms with van der Waals surface area (Å²) in [6, 6.07) is 5.32. The summed E-state index contributed by atoms with van der Waals surface area (Å²) < 4.78 is 0.803. The Balaban J connectivity index is 2.94. The van der Waals surface area contributed by atoms with E-state index in [4.69, 9.17) is 11.5 Å². The number of amides is 2. The maximum Gasteiger partial charge on any atom is 0.221 e. The summed E-state index contributed by atoms with van der Waals surface area (Å²) in [5.74, 6) is -0.809. The van der Waals surface area contributed by atoms with E-state index < -0.39 is 11.8 Å². The summed E-state index contributed by atoms with van der Waals surface area (Å²) in [5.41, 5.74) is 11.7. The molecule has 80 valence electrons. The molecule has 0 saturated carbocycles. The highest BCUT2D eigenvalue weighted by Crippen LogP contribution is 2.16. The molecule has 0 saturated heterocycles. The third-order valence-electron chi connectivity index (χ3n) is 1.77. The fraction of sp³-hybridized carbons (Fsp3) is 0.200. The molecular weight excluding hydrogens is 260 g/mol. The molecule has 2 amide bonds. The Hall–Kier alpha value is -1.36. The molecule has 0 aliphatic carbocycles. The van der Waals surface area contributed by atoms with Gasteiger partial charge in [0, 0.05) is 4.47 Å². The van der Waals surface area contributed by atoms with Crippen LogP contribution in [0.3, 0.4) is 0 Å². The standard InChI is InChI=1S/C10H11BrN2O2/c11-8-2-6(4-9(12)14)1-7(3-8)5-10(13)15/h1-3H,4-5H2,(H2,12,14)(H2,13,15). The molecule has 4 N–H and O–H groups in total. The Kier molecular flexibility index (Phi) is 3.85. The summed E-state index contributed by atoms with van der Waals surface area (Å²) in [4.78, 5) is 21.5. The fourth-order valence-electron chi connectivity index (χ4n) is 1.32. The minimum absolute atomic E-state index is 0.158. The average molecular weight is 271 g/mol. The minimum Gasteiger partial charge on any atom is -0.369 e. The predicted molar refractivity (Wildman–Crippen MR) is 59.9 cm³/mol. The van der Waals surface area contributed by atoms with Crippen LogP contribution in [0.5, 0.6) is 0 Å². The van der Waals surface area contributed by atoms with Gasteiger partial charge in [0.05, 0.1) is 12.8 Å². The molecule has 1 aromatic carbocycles. The van der Waals surface area contributed by atoms with Gasteiger partial charge in [-0.3, -0.25) is 9.59 Å². The van der Waals surface area contributed by atoms with Crippen molar-refractivity contribution in [2.24, 2.45) is 11.5 Å². The number of rotatable bonds is 4. The van der Waals surface area contributed by atoms with Gasteiger partial charge in [0.2, 0.25) is 11.8 Å². The van der Waals surface area contributed by atoms with E-state index >= 15 is 0 Å². The zero-order valence-corrected chi connectivity index (χ0v) is 9.58. The summed E-state index contributed by atoms with van der Waals surface area (Å²) in [5, 5.41) is 0. The molecule has 15 heavy (non-hydrogen) atoms. The van der Waals surface area contributed by atoms with E-state index in [1.165, 1.54) is 0 Å². The van der Waals surface area contributed by atoms with Crippen molar-refractivity contribution in [3.8, 4) is 0 Å². The van der Waals surface area contributed by atoms with E-state index in [0.29, 0.717) is 0 Å². The van der Waals surface area contributed by atoms with Gasteiger partial charge in [-0.2, -0.15) is 0 Å². The molecule has 4 nitrogen and oxygen atoms in total. The van der Waals surface area contributed by atoms with Crippen LogP contribution >= 0.6 is 15.9 Å². The molecular formula is C10H11BrN2O2. The van der Waals surface area contributed by atoms with E-state index in [2.05, 4.69) is 15.9 Å². The highest BCUT2D eigenvalue weighted by molar-refractivity contribution is 9.10. The monoisotopic (exact) mass is 270 g/mol. The molecule has 1 aromatic rings. The number of carbonyl (C=O) groups excluding carboxylic acids is 2. The predicted octanol–water partition coefficient (Wildman–Crippen LogP) is 0.505. The molecule has 0 fully saturated rings. The fourth-order valence-corrected chi connectivity index (χ4v) is 1.91. The summed E-state index contributed by atoms with van der Waals surface area (Å²) in [6.07, 6.45) is 0.316. The molecule has 1 rings (SSSR count). The number of benzene rings is 1. The molecule has 0 unspecified atom stereocenters. The molecule has 0 heterocycles. The minimum atomic E-state index is -0.405. The number of hydrogen-bond acceptors (Lipinski definition) is 2. The van der Waals surface area contributed by atoms with Crippen molar-refractivity contribution in [1.82, 2.24) is 0 Å². The van der Waals surface area contributed by atoms with Crippen LogP contribution in [0.1, 0.15) is 11.1 Å². The van der Waals surface area contributed by atoms with Crippen molar-refractivity contribution in [2.75, 3.05) is 0 Å². The smallest absolute Gasteiger partial charge is 0.221 e. The molecule has 5 heteroatoms. The maximum absolute atomic E-state index is 10.7. The van der Waals surface area contributed by atoms with Gasteiger partial charge in [0.25, 0.3) is 0 Å². The van der Waals surface area contributed by atoms with Crippen LogP contribution in [0, 0.1) is 0 Å². The SMILES string of the molecule is NC(=O)Cc1cc(Br)cc(CC(N)=O)c1. The summed E-state index contributed by atoms with van der Waals surface area (Å²) in [7, 11) is 0. The van der Waals surface area contributed by atoms with E-state index in [1.807, 2.05) is 0 Å². The quantitative estimate of drug-likeness (QED) is 0.835. The van der Waals surface area contributed by atoms with Crippen molar-refractivity contribution >= 4 is 27.7 Å². The normalized spacial score (nSPS) is 9.93. The first-order valence-corrected chi connectivity index (χ1v) is 5.11. The molecule has 0 aliphatic heterocycles. The molecule has 0 radical (unpaired) electrons. The van der Waals surface area contributed by atoms with Gasteiger partial charge in [-0.15, -0.1) is 0 Å². The first-order valence-electron chi connectivity index (χ1n) is 4.32. The Morgan fingerprint density at radius 3 is 1.73 bits per heavy atom. The first-order chi connectivity index (χ1) is 6.97. The maximum atomic E-state index is 10.7. The number of halogens is 1. The van der Waals surface area contributed by atoms with Crippen molar-refractivity contribution in [3.05, 3.63) is 33.8 Å². The lowest BCUT2D eigenvalue weighted by Gasteiger charge is -2.03. The number of primary amides is 2. The Morgan fingerprint density at radius 1 is 1.00 bits per heavy atom. The van der Waals surface area contributed by atoms with Gasteiger partial charge in [-0.1, -0.05) is 22.0 Å². The molecule has 0 aliphatic rings. The summed E-state index contributed by atoms with van der Waals surface area (Å²) >= 11 is 3.29. The zero-order valence-electron chi connectivity index (χ0n) is 8.00. The van der Waals surface area contributed by atoms with Gasteiger partial charge in [-0.05, 0) is 23.3 Å². The lowest BCUT2D eigenvalue weighted by Crippen LogP contribution is -2.15. The van der Waals surface area contributed by atoms with Crippen molar-refractivity contribution in [1.29, 1.82) is 0 Å². The highest BCUT2D eigenvalue weighted by Gasteiger charge is 2.04. The highest BCUT2D eigenvalue weighted by atomic mass is 79.9. The van der Waals surface area contributed by atoms with E-state index in [9.17, 15) is 9.59 Å². The van der Waals surface area contributed by atoms with Crippen LogP contribution in [-0.2, 0) is 22.4 Å². The van der Waals surface area contributed by atoms with Gasteiger partial charge >= 0.3 is 0 Å². The van der Waals surface area contributed by atoms with E-state index in [-0.39, 0.29) is 12.8 Å². The van der Waals surface area contributed by atoms with Gasteiger partial charge < -0.3 is 11.5 Å². The van der Waals surface area contributed by atoms with E-state index in [1.54, 1.807) is 18.2 Å². The Morgan fingerprint density at radius 2 is 1.40 bits per heavy atom. The van der Waals surface area contributed by atoms with Crippen LogP contribution in [-0.4, -0.2) is 11.8 Å². The van der Waals surface area contributed by atoms with Crippen molar-refractivity contribution in [3.63, 3.8) is 0 Å². The second kappa shape index (κ2) is 4.93. The molecule has 0 aromatic heterocycles. The lowest BCUT2D eigenvalue weighted by atomic mass is 10.1. The van der Waals surface area contributed by atoms with Crippen molar-refractivity contribution < 1.29 is 9.59 Å². The van der Waals surface area contributed by atoms with Gasteiger partial charge in [0.1, 0.15) is 0 Å². The Labute approximate surface area is 95.8 Å². The first kappa shape index (κ1) is 11.7. The molecule has 0 atom stereocenters. The van der Waals surface area contributed by atoms with Crippen LogP contribution < -0.4 is 11.5 Å². The van der Waals surface area contributed by atoms with Gasteiger partial charge in [0.15, 0.2) is 0 Å². The largest absolute Gasteiger partial charge is 0.369 e. The summed E-state index contributed by atoms with van der Waals surface area (Å²) in [6.45, 7) is 0. The topological polar surface area (TPSA) is 86.2 Å². The third kappa shape index (κ3) is 4.12. The van der Waals surface area contributed by atoms with Crippen LogP contribution in [0.15, 0.2) is 22.7 Å². The second-order valence-corrected chi connectivity index (χ2v) is 4.17. The van der Waals surface area contributed by atoms with Crippen LogP contribution in [0.4, 0.5) is 0 Å². The van der Waals surface area contributed by atoms with Crippen LogP contribution in [0.25, 0.3) is 0 Å². The number of carbonyl (C=O) groups is 2. The number of hydrogen-bond donors (Lipinski definition) is 2. The molecule has 0 spiro atoms. The molecule has 0 bridgehead atoms. The zero-order chi connectivity index (χ0) is 11.4.